The molecule has 1 aliphatic carbocycles. The molecule has 1 saturated carbocycles. The van der Waals surface area contributed by atoms with E-state index in [1.54, 1.807) is 0 Å². The predicted molar refractivity (Wildman–Crippen MR) is 74.6 cm³/mol. The number of aliphatic carboxylic acids is 1. The van der Waals surface area contributed by atoms with Crippen molar-refractivity contribution < 1.29 is 19.4 Å². The maximum absolute atomic E-state index is 11.9. The molecule has 3 fully saturated rings. The van der Waals surface area contributed by atoms with Crippen molar-refractivity contribution in [2.75, 3.05) is 19.8 Å². The first-order valence-electron chi connectivity index (χ1n) is 8.12. The summed E-state index contributed by atoms with van der Waals surface area (Å²) in [7, 11) is 0. The zero-order valence-electron chi connectivity index (χ0n) is 12.2. The van der Waals surface area contributed by atoms with Crippen LogP contribution in [0.1, 0.15) is 57.8 Å². The number of hydrogen-bond acceptors (Lipinski definition) is 3. The molecule has 2 aliphatic heterocycles. The second-order valence-corrected chi connectivity index (χ2v) is 6.90. The molecule has 2 atom stereocenters. The Kier molecular flexibility index (Phi) is 4.04. The Morgan fingerprint density at radius 3 is 2.50 bits per heavy atom. The van der Waals surface area contributed by atoms with E-state index < -0.39 is 11.4 Å². The molecule has 3 aliphatic rings. The number of hydrogen-bond donors (Lipinski definition) is 1. The molecule has 4 nitrogen and oxygen atoms in total. The van der Waals surface area contributed by atoms with Crippen LogP contribution in [-0.2, 0) is 14.3 Å². The molecule has 2 unspecified atom stereocenters. The van der Waals surface area contributed by atoms with Crippen LogP contribution in [0.25, 0.3) is 0 Å². The maximum atomic E-state index is 11.9. The lowest BCUT2D eigenvalue weighted by Crippen LogP contribution is -2.52. The Morgan fingerprint density at radius 2 is 1.85 bits per heavy atom. The lowest BCUT2D eigenvalue weighted by atomic mass is 9.63. The minimum atomic E-state index is -0.660. The third-order valence-electron chi connectivity index (χ3n) is 5.74. The Hall–Kier alpha value is -0.610. The monoisotopic (exact) mass is 282 g/mol. The first-order chi connectivity index (χ1) is 9.67. The number of ether oxygens (including phenoxy) is 2. The molecule has 0 aromatic carbocycles. The Morgan fingerprint density at radius 1 is 1.05 bits per heavy atom. The highest BCUT2D eigenvalue weighted by Gasteiger charge is 2.52. The fourth-order valence-corrected chi connectivity index (χ4v) is 4.53. The van der Waals surface area contributed by atoms with Crippen LogP contribution in [0.2, 0.25) is 0 Å². The average Bonchev–Trinajstić information content (AvgIpc) is 2.48. The molecule has 0 radical (unpaired) electrons. The van der Waals surface area contributed by atoms with Crippen molar-refractivity contribution in [1.82, 2.24) is 0 Å². The van der Waals surface area contributed by atoms with Crippen LogP contribution in [0.5, 0.6) is 0 Å². The highest BCUT2D eigenvalue weighted by Crippen LogP contribution is 2.49. The first kappa shape index (κ1) is 14.3. The summed E-state index contributed by atoms with van der Waals surface area (Å²) >= 11 is 0. The molecule has 114 valence electrons. The van der Waals surface area contributed by atoms with E-state index in [-0.39, 0.29) is 11.5 Å². The van der Waals surface area contributed by atoms with Crippen molar-refractivity contribution >= 4 is 5.97 Å². The quantitative estimate of drug-likeness (QED) is 0.846. The van der Waals surface area contributed by atoms with E-state index in [4.69, 9.17) is 9.47 Å². The van der Waals surface area contributed by atoms with Gasteiger partial charge in [0.05, 0.1) is 17.6 Å². The van der Waals surface area contributed by atoms with Gasteiger partial charge < -0.3 is 14.6 Å². The SMILES string of the molecule is O=C(O)C1(C2CCOC3(CCCCC3)C2)CCCOC1. The smallest absolute Gasteiger partial charge is 0.312 e. The van der Waals surface area contributed by atoms with Crippen LogP contribution in [0, 0.1) is 11.3 Å². The Labute approximate surface area is 120 Å². The van der Waals surface area contributed by atoms with Crippen molar-refractivity contribution in [3.8, 4) is 0 Å². The molecule has 2 heterocycles. The third kappa shape index (κ3) is 2.48. The van der Waals surface area contributed by atoms with Gasteiger partial charge in [-0.1, -0.05) is 19.3 Å². The van der Waals surface area contributed by atoms with E-state index in [1.807, 2.05) is 0 Å². The summed E-state index contributed by atoms with van der Waals surface area (Å²) in [5, 5.41) is 9.81. The molecule has 0 aromatic rings. The normalized spacial score (nSPS) is 37.7. The first-order valence-corrected chi connectivity index (χ1v) is 8.12. The predicted octanol–water partition coefficient (Wildman–Crippen LogP) is 3.00. The molecule has 1 N–H and O–H groups in total. The van der Waals surface area contributed by atoms with Crippen LogP contribution >= 0.6 is 0 Å². The Balaban J connectivity index is 1.78. The maximum Gasteiger partial charge on any atom is 0.312 e. The third-order valence-corrected chi connectivity index (χ3v) is 5.74. The van der Waals surface area contributed by atoms with E-state index in [2.05, 4.69) is 0 Å². The molecule has 0 aromatic heterocycles. The average molecular weight is 282 g/mol. The largest absolute Gasteiger partial charge is 0.481 e. The number of carbonyl (C=O) groups is 1. The molecule has 0 bridgehead atoms. The fourth-order valence-electron chi connectivity index (χ4n) is 4.53. The van der Waals surface area contributed by atoms with Gasteiger partial charge in [0, 0.05) is 13.2 Å². The van der Waals surface area contributed by atoms with Gasteiger partial charge in [0.15, 0.2) is 0 Å². The van der Waals surface area contributed by atoms with E-state index in [0.717, 1.165) is 45.1 Å². The zero-order valence-corrected chi connectivity index (χ0v) is 12.2. The number of rotatable bonds is 2. The van der Waals surface area contributed by atoms with Crippen molar-refractivity contribution in [2.24, 2.45) is 11.3 Å². The van der Waals surface area contributed by atoms with Crippen molar-refractivity contribution in [3.05, 3.63) is 0 Å². The standard InChI is InChI=1S/C16H26O4/c17-14(18)16(8-4-9-19-12-16)13-5-10-20-15(11-13)6-2-1-3-7-15/h13H,1-12H2,(H,17,18). The summed E-state index contributed by atoms with van der Waals surface area (Å²) < 4.78 is 11.7. The molecular weight excluding hydrogens is 256 g/mol. The van der Waals surface area contributed by atoms with Crippen LogP contribution in [0.3, 0.4) is 0 Å². The van der Waals surface area contributed by atoms with Gasteiger partial charge in [0.2, 0.25) is 0 Å². The molecule has 20 heavy (non-hydrogen) atoms. The van der Waals surface area contributed by atoms with Gasteiger partial charge in [-0.3, -0.25) is 4.79 Å². The summed E-state index contributed by atoms with van der Waals surface area (Å²) in [6.45, 7) is 1.83. The highest BCUT2D eigenvalue weighted by atomic mass is 16.5. The van der Waals surface area contributed by atoms with Gasteiger partial charge in [-0.05, 0) is 44.4 Å². The van der Waals surface area contributed by atoms with Gasteiger partial charge in [-0.2, -0.15) is 0 Å². The van der Waals surface area contributed by atoms with Crippen molar-refractivity contribution in [1.29, 1.82) is 0 Å². The van der Waals surface area contributed by atoms with Crippen LogP contribution < -0.4 is 0 Å². The van der Waals surface area contributed by atoms with E-state index >= 15 is 0 Å². The van der Waals surface area contributed by atoms with Crippen molar-refractivity contribution in [2.45, 2.75) is 63.4 Å². The molecule has 4 heteroatoms. The fraction of sp³-hybridized carbons (Fsp3) is 0.938. The van der Waals surface area contributed by atoms with Gasteiger partial charge in [-0.25, -0.2) is 0 Å². The molecular formula is C16H26O4. The van der Waals surface area contributed by atoms with Crippen molar-refractivity contribution in [3.63, 3.8) is 0 Å². The minimum absolute atomic E-state index is 0.0267. The summed E-state index contributed by atoms with van der Waals surface area (Å²) in [6.07, 6.45) is 9.40. The molecule has 2 saturated heterocycles. The van der Waals surface area contributed by atoms with E-state index in [1.165, 1.54) is 19.3 Å². The summed E-state index contributed by atoms with van der Waals surface area (Å²) in [5.41, 5.74) is -0.687. The van der Waals surface area contributed by atoms with Crippen LogP contribution in [0.4, 0.5) is 0 Å². The Bertz CT molecular complexity index is 348. The van der Waals surface area contributed by atoms with E-state index in [0.29, 0.717) is 13.2 Å². The molecule has 1 spiro atoms. The van der Waals surface area contributed by atoms with E-state index in [9.17, 15) is 9.90 Å². The molecule has 0 amide bonds. The summed E-state index contributed by atoms with van der Waals surface area (Å²) in [5.74, 6) is -0.442. The van der Waals surface area contributed by atoms with Crippen LogP contribution in [0.15, 0.2) is 0 Å². The van der Waals surface area contributed by atoms with Gasteiger partial charge >= 0.3 is 5.97 Å². The summed E-state index contributed by atoms with van der Waals surface area (Å²) in [4.78, 5) is 11.9. The molecule has 3 rings (SSSR count). The minimum Gasteiger partial charge on any atom is -0.481 e. The second kappa shape index (κ2) is 5.64. The highest BCUT2D eigenvalue weighted by molar-refractivity contribution is 5.75. The topological polar surface area (TPSA) is 55.8 Å². The summed E-state index contributed by atoms with van der Waals surface area (Å²) in [6, 6.07) is 0. The van der Waals surface area contributed by atoms with Gasteiger partial charge in [0.1, 0.15) is 0 Å². The lowest BCUT2D eigenvalue weighted by Gasteiger charge is -2.49. The zero-order chi connectivity index (χ0) is 14.1. The number of carboxylic acids is 1. The lowest BCUT2D eigenvalue weighted by molar-refractivity contribution is -0.181. The number of carboxylic acid groups (broad SMARTS) is 1. The van der Waals surface area contributed by atoms with Gasteiger partial charge in [-0.15, -0.1) is 0 Å². The van der Waals surface area contributed by atoms with Gasteiger partial charge in [0.25, 0.3) is 0 Å². The second-order valence-electron chi connectivity index (χ2n) is 6.90. The van der Waals surface area contributed by atoms with Crippen LogP contribution in [-0.4, -0.2) is 36.5 Å².